The summed E-state index contributed by atoms with van der Waals surface area (Å²) < 4.78 is 26.6. The SMILES string of the molecule is CC(Cn1nnnc1-c1cc(N)ccc1F)S(C)=O. The number of nitrogens with zero attached hydrogens (tertiary/aromatic N) is 4. The molecule has 6 nitrogen and oxygen atoms in total. The van der Waals surface area contributed by atoms with Crippen molar-refractivity contribution >= 4 is 16.5 Å². The first-order valence-corrected chi connectivity index (χ1v) is 7.25. The second-order valence-electron chi connectivity index (χ2n) is 4.23. The molecular formula is C11H14FN5OS. The lowest BCUT2D eigenvalue weighted by Crippen LogP contribution is -2.19. The minimum Gasteiger partial charge on any atom is -0.399 e. The fourth-order valence-electron chi connectivity index (χ4n) is 1.58. The van der Waals surface area contributed by atoms with Crippen LogP contribution < -0.4 is 5.73 Å². The van der Waals surface area contributed by atoms with E-state index in [1.807, 2.05) is 6.92 Å². The van der Waals surface area contributed by atoms with Crippen molar-refractivity contribution in [3.05, 3.63) is 24.0 Å². The van der Waals surface area contributed by atoms with Gasteiger partial charge < -0.3 is 5.73 Å². The van der Waals surface area contributed by atoms with Crippen LogP contribution in [-0.4, -0.2) is 35.9 Å². The molecule has 2 atom stereocenters. The molecular weight excluding hydrogens is 269 g/mol. The van der Waals surface area contributed by atoms with E-state index < -0.39 is 16.6 Å². The summed E-state index contributed by atoms with van der Waals surface area (Å²) in [4.78, 5) is 0. The first kappa shape index (κ1) is 13.6. The Balaban J connectivity index is 2.39. The number of tetrazole rings is 1. The largest absolute Gasteiger partial charge is 0.399 e. The minimum atomic E-state index is -1.00. The molecule has 2 unspecified atom stereocenters. The summed E-state index contributed by atoms with van der Waals surface area (Å²) in [6.45, 7) is 2.16. The molecule has 0 saturated heterocycles. The fourth-order valence-corrected chi connectivity index (χ4v) is 1.93. The van der Waals surface area contributed by atoms with E-state index in [1.165, 1.54) is 22.9 Å². The Hall–Kier alpha value is -1.83. The molecule has 0 aliphatic rings. The van der Waals surface area contributed by atoms with E-state index in [9.17, 15) is 8.60 Å². The van der Waals surface area contributed by atoms with Gasteiger partial charge in [0.15, 0.2) is 5.82 Å². The Morgan fingerprint density at radius 3 is 2.95 bits per heavy atom. The van der Waals surface area contributed by atoms with Gasteiger partial charge in [0, 0.05) is 22.7 Å². The lowest BCUT2D eigenvalue weighted by Gasteiger charge is -2.10. The normalized spacial score (nSPS) is 14.3. The molecule has 1 aromatic carbocycles. The van der Waals surface area contributed by atoms with Crippen LogP contribution in [0.25, 0.3) is 11.4 Å². The average molecular weight is 283 g/mol. The zero-order valence-corrected chi connectivity index (χ0v) is 11.4. The second-order valence-corrected chi connectivity index (χ2v) is 6.04. The highest BCUT2D eigenvalue weighted by molar-refractivity contribution is 7.84. The van der Waals surface area contributed by atoms with Gasteiger partial charge in [-0.25, -0.2) is 9.07 Å². The van der Waals surface area contributed by atoms with Crippen molar-refractivity contribution in [3.8, 4) is 11.4 Å². The van der Waals surface area contributed by atoms with Crippen LogP contribution in [-0.2, 0) is 17.3 Å². The molecule has 0 fully saturated rings. The topological polar surface area (TPSA) is 86.7 Å². The number of nitrogen functional groups attached to an aromatic ring is 1. The van der Waals surface area contributed by atoms with Gasteiger partial charge in [-0.15, -0.1) is 5.10 Å². The van der Waals surface area contributed by atoms with Crippen LogP contribution in [0.2, 0.25) is 0 Å². The molecule has 19 heavy (non-hydrogen) atoms. The van der Waals surface area contributed by atoms with E-state index in [4.69, 9.17) is 5.73 Å². The number of benzene rings is 1. The summed E-state index contributed by atoms with van der Waals surface area (Å²) in [6, 6.07) is 4.22. The maximum Gasteiger partial charge on any atom is 0.185 e. The third kappa shape index (κ3) is 2.95. The molecule has 0 aliphatic heterocycles. The Morgan fingerprint density at radius 1 is 1.53 bits per heavy atom. The Morgan fingerprint density at radius 2 is 2.26 bits per heavy atom. The molecule has 1 heterocycles. The number of aromatic nitrogens is 4. The van der Waals surface area contributed by atoms with Gasteiger partial charge in [0.25, 0.3) is 0 Å². The zero-order valence-electron chi connectivity index (χ0n) is 10.6. The number of anilines is 1. The summed E-state index contributed by atoms with van der Waals surface area (Å²) in [5, 5.41) is 11.0. The van der Waals surface area contributed by atoms with Crippen LogP contribution in [0.15, 0.2) is 18.2 Å². The number of nitrogens with two attached hydrogens (primary N) is 1. The van der Waals surface area contributed by atoms with E-state index in [1.54, 1.807) is 6.26 Å². The van der Waals surface area contributed by atoms with Crippen molar-refractivity contribution < 1.29 is 8.60 Å². The van der Waals surface area contributed by atoms with E-state index in [0.717, 1.165) is 0 Å². The van der Waals surface area contributed by atoms with Crippen molar-refractivity contribution in [2.45, 2.75) is 18.7 Å². The van der Waals surface area contributed by atoms with Crippen LogP contribution in [0, 0.1) is 5.82 Å². The molecule has 0 bridgehead atoms. The van der Waals surface area contributed by atoms with Gasteiger partial charge in [0.1, 0.15) is 5.82 Å². The number of hydrogen-bond donors (Lipinski definition) is 1. The van der Waals surface area contributed by atoms with Crippen molar-refractivity contribution in [1.82, 2.24) is 20.2 Å². The molecule has 0 aliphatic carbocycles. The Labute approximate surface area is 112 Å². The van der Waals surface area contributed by atoms with E-state index in [-0.39, 0.29) is 16.6 Å². The Kier molecular flexibility index (Phi) is 3.89. The monoisotopic (exact) mass is 283 g/mol. The van der Waals surface area contributed by atoms with Gasteiger partial charge in [-0.2, -0.15) is 0 Å². The highest BCUT2D eigenvalue weighted by atomic mass is 32.2. The van der Waals surface area contributed by atoms with Gasteiger partial charge in [0.05, 0.1) is 17.4 Å². The van der Waals surface area contributed by atoms with Crippen LogP contribution >= 0.6 is 0 Å². The molecule has 0 spiro atoms. The second kappa shape index (κ2) is 5.43. The maximum atomic E-state index is 13.8. The van der Waals surface area contributed by atoms with Crippen LogP contribution in [0.1, 0.15) is 6.92 Å². The van der Waals surface area contributed by atoms with E-state index >= 15 is 0 Å². The smallest absolute Gasteiger partial charge is 0.185 e. The lowest BCUT2D eigenvalue weighted by molar-refractivity contribution is 0.575. The Bertz CT molecular complexity index is 615. The predicted molar refractivity (Wildman–Crippen MR) is 71.2 cm³/mol. The fraction of sp³-hybridized carbons (Fsp3) is 0.364. The molecule has 0 saturated carbocycles. The molecule has 2 aromatic rings. The third-order valence-electron chi connectivity index (χ3n) is 2.76. The van der Waals surface area contributed by atoms with Crippen LogP contribution in [0.4, 0.5) is 10.1 Å². The summed E-state index contributed by atoms with van der Waals surface area (Å²) in [5.74, 6) is -0.169. The third-order valence-corrected chi connectivity index (χ3v) is 4.04. The van der Waals surface area contributed by atoms with Crippen molar-refractivity contribution in [2.75, 3.05) is 12.0 Å². The quantitative estimate of drug-likeness (QED) is 0.840. The molecule has 102 valence electrons. The van der Waals surface area contributed by atoms with Gasteiger partial charge in [-0.05, 0) is 35.5 Å². The summed E-state index contributed by atoms with van der Waals surface area (Å²) in [5.41, 5.74) is 6.30. The highest BCUT2D eigenvalue weighted by Gasteiger charge is 2.17. The molecule has 0 amide bonds. The highest BCUT2D eigenvalue weighted by Crippen LogP contribution is 2.22. The summed E-state index contributed by atoms with van der Waals surface area (Å²) >= 11 is 0. The maximum absolute atomic E-state index is 13.8. The minimum absolute atomic E-state index is 0.133. The van der Waals surface area contributed by atoms with Gasteiger partial charge >= 0.3 is 0 Å². The first-order chi connectivity index (χ1) is 8.99. The van der Waals surface area contributed by atoms with Crippen molar-refractivity contribution in [3.63, 3.8) is 0 Å². The van der Waals surface area contributed by atoms with Crippen molar-refractivity contribution in [1.29, 1.82) is 0 Å². The lowest BCUT2D eigenvalue weighted by atomic mass is 10.2. The molecule has 8 heteroatoms. The molecule has 1 aromatic heterocycles. The number of rotatable bonds is 4. The van der Waals surface area contributed by atoms with E-state index in [2.05, 4.69) is 15.5 Å². The van der Waals surface area contributed by atoms with Gasteiger partial charge in [-0.3, -0.25) is 4.21 Å². The first-order valence-electron chi connectivity index (χ1n) is 5.63. The standard InChI is InChI=1S/C11H14FN5OS/c1-7(19(2)18)6-17-11(14-15-16-17)9-5-8(13)3-4-10(9)12/h3-5,7H,6,13H2,1-2H3. The van der Waals surface area contributed by atoms with Gasteiger partial charge in [-0.1, -0.05) is 0 Å². The summed E-state index contributed by atoms with van der Waals surface area (Å²) in [6.07, 6.45) is 1.61. The number of halogens is 1. The van der Waals surface area contributed by atoms with Gasteiger partial charge in [0.2, 0.25) is 0 Å². The number of hydrogen-bond acceptors (Lipinski definition) is 5. The zero-order chi connectivity index (χ0) is 14.0. The predicted octanol–water partition coefficient (Wildman–Crippen LogP) is 0.828. The molecule has 2 rings (SSSR count). The molecule has 2 N–H and O–H groups in total. The van der Waals surface area contributed by atoms with E-state index in [0.29, 0.717) is 12.2 Å². The average Bonchev–Trinajstić information content (AvgIpc) is 2.80. The van der Waals surface area contributed by atoms with Crippen LogP contribution in [0.5, 0.6) is 0 Å². The summed E-state index contributed by atoms with van der Waals surface area (Å²) in [7, 11) is -1.00. The van der Waals surface area contributed by atoms with Crippen molar-refractivity contribution in [2.24, 2.45) is 0 Å². The van der Waals surface area contributed by atoms with Crippen LogP contribution in [0.3, 0.4) is 0 Å². The molecule has 0 radical (unpaired) electrons.